The van der Waals surface area contributed by atoms with Crippen LogP contribution in [0.3, 0.4) is 0 Å². The van der Waals surface area contributed by atoms with Crippen LogP contribution in [0.15, 0.2) is 0 Å². The standard InChI is InChI=1S/C8H15NO5/c1-3-5(10)6(11)7(14-3)4(9)8(12)13-2/h3-7,10-11H,9H2,1-2H3/t3-,4?,5?,6+,7-/m1/s1. The Kier molecular flexibility index (Phi) is 3.43. The fourth-order valence-corrected chi connectivity index (χ4v) is 1.45. The van der Waals surface area contributed by atoms with E-state index >= 15 is 0 Å². The van der Waals surface area contributed by atoms with Crippen LogP contribution >= 0.6 is 0 Å². The predicted molar refractivity (Wildman–Crippen MR) is 46.3 cm³/mol. The van der Waals surface area contributed by atoms with E-state index in [-0.39, 0.29) is 0 Å². The van der Waals surface area contributed by atoms with Gasteiger partial charge in [-0.3, -0.25) is 4.79 Å². The third-order valence-electron chi connectivity index (χ3n) is 2.37. The normalized spacial score (nSPS) is 39.5. The molecule has 0 saturated carbocycles. The fourth-order valence-electron chi connectivity index (χ4n) is 1.45. The Bertz CT molecular complexity index is 222. The molecule has 0 spiro atoms. The van der Waals surface area contributed by atoms with Gasteiger partial charge in [-0.2, -0.15) is 0 Å². The zero-order valence-electron chi connectivity index (χ0n) is 8.08. The molecule has 5 atom stereocenters. The van der Waals surface area contributed by atoms with Crippen LogP contribution in [0.25, 0.3) is 0 Å². The maximum Gasteiger partial charge on any atom is 0.325 e. The molecule has 0 aromatic heterocycles. The summed E-state index contributed by atoms with van der Waals surface area (Å²) in [5.74, 6) is -0.671. The fraction of sp³-hybridized carbons (Fsp3) is 0.875. The van der Waals surface area contributed by atoms with Gasteiger partial charge in [-0.05, 0) is 6.92 Å². The summed E-state index contributed by atoms with van der Waals surface area (Å²) < 4.78 is 9.55. The van der Waals surface area contributed by atoms with Gasteiger partial charge in [0.1, 0.15) is 24.4 Å². The summed E-state index contributed by atoms with van der Waals surface area (Å²) in [4.78, 5) is 11.0. The van der Waals surface area contributed by atoms with Gasteiger partial charge < -0.3 is 25.4 Å². The lowest BCUT2D eigenvalue weighted by atomic mass is 10.0. The van der Waals surface area contributed by atoms with E-state index in [9.17, 15) is 15.0 Å². The first-order valence-corrected chi connectivity index (χ1v) is 4.34. The second-order valence-corrected chi connectivity index (χ2v) is 3.34. The second kappa shape index (κ2) is 4.22. The van der Waals surface area contributed by atoms with Crippen molar-refractivity contribution in [3.8, 4) is 0 Å². The van der Waals surface area contributed by atoms with Crippen molar-refractivity contribution in [2.75, 3.05) is 7.11 Å². The molecule has 0 aromatic rings. The van der Waals surface area contributed by atoms with E-state index in [0.717, 1.165) is 0 Å². The summed E-state index contributed by atoms with van der Waals surface area (Å²) in [6.45, 7) is 1.60. The van der Waals surface area contributed by atoms with Crippen LogP contribution < -0.4 is 5.73 Å². The molecule has 6 nitrogen and oxygen atoms in total. The number of hydrogen-bond donors (Lipinski definition) is 3. The molecule has 0 amide bonds. The third kappa shape index (κ3) is 1.88. The largest absolute Gasteiger partial charge is 0.468 e. The van der Waals surface area contributed by atoms with Gasteiger partial charge >= 0.3 is 5.97 Å². The summed E-state index contributed by atoms with van der Waals surface area (Å²) in [5, 5.41) is 18.8. The Labute approximate surface area is 81.6 Å². The van der Waals surface area contributed by atoms with Crippen molar-refractivity contribution in [2.24, 2.45) is 5.73 Å². The van der Waals surface area contributed by atoms with Crippen molar-refractivity contribution in [1.82, 2.24) is 0 Å². The first kappa shape index (κ1) is 11.4. The Morgan fingerprint density at radius 2 is 2.07 bits per heavy atom. The van der Waals surface area contributed by atoms with Crippen LogP contribution in [-0.4, -0.2) is 53.7 Å². The quantitative estimate of drug-likeness (QED) is 0.450. The Morgan fingerprint density at radius 3 is 2.43 bits per heavy atom. The van der Waals surface area contributed by atoms with E-state index in [0.29, 0.717) is 0 Å². The van der Waals surface area contributed by atoms with Crippen LogP contribution in [0.2, 0.25) is 0 Å². The molecular weight excluding hydrogens is 190 g/mol. The number of methoxy groups -OCH3 is 1. The highest BCUT2D eigenvalue weighted by Crippen LogP contribution is 2.22. The number of rotatable bonds is 2. The SMILES string of the molecule is COC(=O)C(N)[C@H]1O[C@H](C)C(O)[C@@H]1O. The smallest absolute Gasteiger partial charge is 0.325 e. The van der Waals surface area contributed by atoms with Crippen molar-refractivity contribution in [3.05, 3.63) is 0 Å². The number of nitrogens with two attached hydrogens (primary N) is 1. The number of aliphatic hydroxyl groups is 2. The van der Waals surface area contributed by atoms with E-state index in [1.807, 2.05) is 0 Å². The lowest BCUT2D eigenvalue weighted by Crippen LogP contribution is -2.48. The minimum Gasteiger partial charge on any atom is -0.468 e. The van der Waals surface area contributed by atoms with Crippen LogP contribution in [0.5, 0.6) is 0 Å². The van der Waals surface area contributed by atoms with Gasteiger partial charge in [-0.25, -0.2) is 0 Å². The molecule has 1 aliphatic rings. The maximum atomic E-state index is 11.0. The summed E-state index contributed by atoms with van der Waals surface area (Å²) >= 11 is 0. The number of aliphatic hydroxyl groups excluding tert-OH is 2. The van der Waals surface area contributed by atoms with Crippen LogP contribution in [0.4, 0.5) is 0 Å². The molecule has 1 rings (SSSR count). The molecule has 2 unspecified atom stereocenters. The first-order chi connectivity index (χ1) is 6.49. The first-order valence-electron chi connectivity index (χ1n) is 4.34. The Morgan fingerprint density at radius 1 is 1.50 bits per heavy atom. The van der Waals surface area contributed by atoms with Crippen molar-refractivity contribution in [3.63, 3.8) is 0 Å². The van der Waals surface area contributed by atoms with Gasteiger partial charge in [-0.15, -0.1) is 0 Å². The van der Waals surface area contributed by atoms with E-state index in [2.05, 4.69) is 4.74 Å². The molecule has 0 aromatic carbocycles. The van der Waals surface area contributed by atoms with Gasteiger partial charge in [0.2, 0.25) is 0 Å². The van der Waals surface area contributed by atoms with Crippen LogP contribution in [-0.2, 0) is 14.3 Å². The molecule has 1 saturated heterocycles. The molecule has 0 bridgehead atoms. The average Bonchev–Trinajstić information content (AvgIpc) is 2.43. The summed E-state index contributed by atoms with van der Waals surface area (Å²) in [6, 6.07) is -1.07. The summed E-state index contributed by atoms with van der Waals surface area (Å²) in [5.41, 5.74) is 5.48. The molecule has 0 radical (unpaired) electrons. The van der Waals surface area contributed by atoms with E-state index in [4.69, 9.17) is 10.5 Å². The molecular formula is C8H15NO5. The average molecular weight is 205 g/mol. The number of ether oxygens (including phenoxy) is 2. The van der Waals surface area contributed by atoms with Gasteiger partial charge in [0.25, 0.3) is 0 Å². The lowest BCUT2D eigenvalue weighted by molar-refractivity contribution is -0.147. The topological polar surface area (TPSA) is 102 Å². The second-order valence-electron chi connectivity index (χ2n) is 3.34. The Balaban J connectivity index is 2.66. The maximum absolute atomic E-state index is 11.0. The lowest BCUT2D eigenvalue weighted by Gasteiger charge is -2.19. The van der Waals surface area contributed by atoms with Gasteiger partial charge in [0, 0.05) is 0 Å². The number of esters is 1. The zero-order chi connectivity index (χ0) is 10.9. The zero-order valence-corrected chi connectivity index (χ0v) is 8.08. The molecule has 82 valence electrons. The number of carbonyl (C=O) groups excluding carboxylic acids is 1. The molecule has 14 heavy (non-hydrogen) atoms. The monoisotopic (exact) mass is 205 g/mol. The molecule has 6 heteroatoms. The van der Waals surface area contributed by atoms with Crippen LogP contribution in [0, 0.1) is 0 Å². The van der Waals surface area contributed by atoms with Crippen molar-refractivity contribution < 1.29 is 24.5 Å². The van der Waals surface area contributed by atoms with Crippen molar-refractivity contribution in [2.45, 2.75) is 37.4 Å². The highest BCUT2D eigenvalue weighted by Gasteiger charge is 2.45. The number of carbonyl (C=O) groups is 1. The number of hydrogen-bond acceptors (Lipinski definition) is 6. The van der Waals surface area contributed by atoms with Crippen molar-refractivity contribution >= 4 is 5.97 Å². The molecule has 1 fully saturated rings. The molecule has 1 heterocycles. The highest BCUT2D eigenvalue weighted by atomic mass is 16.6. The van der Waals surface area contributed by atoms with Gasteiger partial charge in [0.05, 0.1) is 13.2 Å². The molecule has 1 aliphatic heterocycles. The minimum atomic E-state index is -1.15. The van der Waals surface area contributed by atoms with Gasteiger partial charge in [-0.1, -0.05) is 0 Å². The molecule has 4 N–H and O–H groups in total. The van der Waals surface area contributed by atoms with E-state index < -0.39 is 36.4 Å². The van der Waals surface area contributed by atoms with E-state index in [1.165, 1.54) is 7.11 Å². The summed E-state index contributed by atoms with van der Waals surface area (Å²) in [7, 11) is 1.20. The van der Waals surface area contributed by atoms with Gasteiger partial charge in [0.15, 0.2) is 0 Å². The summed E-state index contributed by atoms with van der Waals surface area (Å²) in [6.07, 6.45) is -3.62. The molecule has 0 aliphatic carbocycles. The van der Waals surface area contributed by atoms with Crippen molar-refractivity contribution in [1.29, 1.82) is 0 Å². The van der Waals surface area contributed by atoms with E-state index in [1.54, 1.807) is 6.92 Å². The highest BCUT2D eigenvalue weighted by molar-refractivity contribution is 5.76. The Hall–Kier alpha value is -0.690. The van der Waals surface area contributed by atoms with Crippen LogP contribution in [0.1, 0.15) is 6.92 Å². The third-order valence-corrected chi connectivity index (χ3v) is 2.37. The predicted octanol–water partition coefficient (Wildman–Crippen LogP) is -2.00. The minimum absolute atomic E-state index is 0.536.